The fourth-order valence-electron chi connectivity index (χ4n) is 1.13. The quantitative estimate of drug-likeness (QED) is 0.641. The molecule has 1 heterocycles. The van der Waals surface area contributed by atoms with E-state index in [1.165, 1.54) is 19.2 Å². The summed E-state index contributed by atoms with van der Waals surface area (Å²) in [5.74, 6) is 0. The summed E-state index contributed by atoms with van der Waals surface area (Å²) in [6.07, 6.45) is 0. The van der Waals surface area contributed by atoms with Gasteiger partial charge in [-0.2, -0.15) is 0 Å². The molecule has 0 saturated carbocycles. The smallest absolute Gasteiger partial charge is 0.0346 e. The van der Waals surface area contributed by atoms with Gasteiger partial charge in [-0.05, 0) is 64.0 Å². The van der Waals surface area contributed by atoms with Crippen molar-refractivity contribution in [1.29, 1.82) is 0 Å². The molecule has 0 spiro atoms. The Morgan fingerprint density at radius 1 is 1.36 bits per heavy atom. The first-order valence-corrected chi connectivity index (χ1v) is 5.36. The minimum Gasteiger partial charge on any atom is -0.144 e. The van der Waals surface area contributed by atoms with E-state index in [0.717, 1.165) is 0 Å². The molecule has 0 unspecified atom stereocenters. The molecule has 56 valence electrons. The summed E-state index contributed by atoms with van der Waals surface area (Å²) >= 11 is 4.17. The molecular weight excluding hydrogens is 267 g/mol. The van der Waals surface area contributed by atoms with Gasteiger partial charge in [0.25, 0.3) is 0 Å². The SMILES string of the molecule is Cc1csc2ccc(I)cc12. The molecule has 0 fully saturated rings. The Bertz CT molecular complexity index is 389. The average Bonchev–Trinajstić information content (AvgIpc) is 2.33. The van der Waals surface area contributed by atoms with E-state index in [9.17, 15) is 0 Å². The minimum absolute atomic E-state index is 1.32. The second-order valence-electron chi connectivity index (χ2n) is 2.56. The second-order valence-corrected chi connectivity index (χ2v) is 4.72. The first kappa shape index (κ1) is 7.55. The molecule has 11 heavy (non-hydrogen) atoms. The Kier molecular flexibility index (Phi) is 1.89. The lowest BCUT2D eigenvalue weighted by atomic mass is 10.2. The van der Waals surface area contributed by atoms with Crippen LogP contribution in [0.4, 0.5) is 0 Å². The van der Waals surface area contributed by atoms with Gasteiger partial charge < -0.3 is 0 Å². The molecule has 0 N–H and O–H groups in total. The van der Waals surface area contributed by atoms with Crippen LogP contribution in [0.25, 0.3) is 10.1 Å². The Labute approximate surface area is 83.4 Å². The molecule has 2 rings (SSSR count). The van der Waals surface area contributed by atoms with Gasteiger partial charge in [-0.3, -0.25) is 0 Å². The number of aryl methyl sites for hydroxylation is 1. The predicted molar refractivity (Wildman–Crippen MR) is 59.3 cm³/mol. The van der Waals surface area contributed by atoms with Crippen LogP contribution in [0, 0.1) is 10.5 Å². The lowest BCUT2D eigenvalue weighted by Gasteiger charge is -1.91. The van der Waals surface area contributed by atoms with Gasteiger partial charge in [0, 0.05) is 8.27 Å². The van der Waals surface area contributed by atoms with Crippen LogP contribution in [-0.2, 0) is 0 Å². The van der Waals surface area contributed by atoms with Crippen LogP contribution in [0.3, 0.4) is 0 Å². The third-order valence-electron chi connectivity index (χ3n) is 1.73. The summed E-state index contributed by atoms with van der Waals surface area (Å²) in [5, 5.41) is 3.61. The first-order chi connectivity index (χ1) is 5.27. The Balaban J connectivity index is 2.87. The van der Waals surface area contributed by atoms with E-state index in [-0.39, 0.29) is 0 Å². The van der Waals surface area contributed by atoms with E-state index >= 15 is 0 Å². The van der Waals surface area contributed by atoms with Crippen molar-refractivity contribution >= 4 is 44.0 Å². The zero-order valence-electron chi connectivity index (χ0n) is 6.10. The molecule has 0 radical (unpaired) electrons. The number of fused-ring (bicyclic) bond motifs is 1. The summed E-state index contributed by atoms with van der Waals surface area (Å²) in [6, 6.07) is 6.58. The zero-order valence-corrected chi connectivity index (χ0v) is 9.07. The number of halogens is 1. The number of hydrogen-bond donors (Lipinski definition) is 0. The number of rotatable bonds is 0. The summed E-state index contributed by atoms with van der Waals surface area (Å²) in [4.78, 5) is 0. The van der Waals surface area contributed by atoms with Crippen molar-refractivity contribution in [2.45, 2.75) is 6.92 Å². The topological polar surface area (TPSA) is 0 Å². The average molecular weight is 274 g/mol. The second kappa shape index (κ2) is 2.75. The van der Waals surface area contributed by atoms with Crippen molar-refractivity contribution in [2.24, 2.45) is 0 Å². The molecular formula is C9H7IS. The minimum atomic E-state index is 1.32. The largest absolute Gasteiger partial charge is 0.144 e. The van der Waals surface area contributed by atoms with E-state index in [1.54, 1.807) is 0 Å². The monoisotopic (exact) mass is 274 g/mol. The molecule has 2 aromatic rings. The van der Waals surface area contributed by atoms with Crippen LogP contribution < -0.4 is 0 Å². The maximum Gasteiger partial charge on any atom is 0.0346 e. The van der Waals surface area contributed by atoms with Gasteiger partial charge in [0.2, 0.25) is 0 Å². The van der Waals surface area contributed by atoms with E-state index in [2.05, 4.69) is 53.1 Å². The lowest BCUT2D eigenvalue weighted by Crippen LogP contribution is -1.70. The molecule has 0 atom stereocenters. The molecule has 0 amide bonds. The highest BCUT2D eigenvalue weighted by atomic mass is 127. The van der Waals surface area contributed by atoms with Crippen molar-refractivity contribution in [1.82, 2.24) is 0 Å². The van der Waals surface area contributed by atoms with Crippen LogP contribution in [0.1, 0.15) is 5.56 Å². The van der Waals surface area contributed by atoms with Gasteiger partial charge >= 0.3 is 0 Å². The van der Waals surface area contributed by atoms with Crippen LogP contribution in [0.2, 0.25) is 0 Å². The number of benzene rings is 1. The maximum absolute atomic E-state index is 2.35. The summed E-state index contributed by atoms with van der Waals surface area (Å²) in [6.45, 7) is 2.16. The molecule has 0 saturated heterocycles. The van der Waals surface area contributed by atoms with Gasteiger partial charge in [-0.15, -0.1) is 11.3 Å². The van der Waals surface area contributed by atoms with Crippen LogP contribution in [0.15, 0.2) is 23.6 Å². The number of thiophene rings is 1. The highest BCUT2D eigenvalue weighted by molar-refractivity contribution is 14.1. The van der Waals surface area contributed by atoms with Crippen molar-refractivity contribution in [2.75, 3.05) is 0 Å². The fourth-order valence-corrected chi connectivity index (χ4v) is 2.54. The van der Waals surface area contributed by atoms with Gasteiger partial charge in [-0.25, -0.2) is 0 Å². The first-order valence-electron chi connectivity index (χ1n) is 3.41. The molecule has 0 bridgehead atoms. The van der Waals surface area contributed by atoms with Gasteiger partial charge in [-0.1, -0.05) is 0 Å². The zero-order chi connectivity index (χ0) is 7.84. The van der Waals surface area contributed by atoms with Gasteiger partial charge in [0.15, 0.2) is 0 Å². The van der Waals surface area contributed by atoms with Crippen molar-refractivity contribution in [3.63, 3.8) is 0 Å². The molecule has 1 aromatic carbocycles. The van der Waals surface area contributed by atoms with E-state index in [4.69, 9.17) is 0 Å². The molecule has 0 aliphatic carbocycles. The van der Waals surface area contributed by atoms with Crippen molar-refractivity contribution in [3.05, 3.63) is 32.7 Å². The highest BCUT2D eigenvalue weighted by Gasteiger charge is 1.98. The van der Waals surface area contributed by atoms with Crippen LogP contribution >= 0.6 is 33.9 Å². The third-order valence-corrected chi connectivity index (χ3v) is 3.48. The van der Waals surface area contributed by atoms with Crippen LogP contribution in [0.5, 0.6) is 0 Å². The fraction of sp³-hybridized carbons (Fsp3) is 0.111. The molecule has 0 nitrogen and oxygen atoms in total. The predicted octanol–water partition coefficient (Wildman–Crippen LogP) is 3.81. The maximum atomic E-state index is 2.35. The number of hydrogen-bond acceptors (Lipinski definition) is 1. The summed E-state index contributed by atoms with van der Waals surface area (Å²) in [7, 11) is 0. The van der Waals surface area contributed by atoms with E-state index < -0.39 is 0 Å². The van der Waals surface area contributed by atoms with E-state index in [1.807, 2.05) is 11.3 Å². The Morgan fingerprint density at radius 3 is 3.00 bits per heavy atom. The Morgan fingerprint density at radius 2 is 2.18 bits per heavy atom. The summed E-state index contributed by atoms with van der Waals surface area (Å²) in [5.41, 5.74) is 1.39. The normalized spacial score (nSPS) is 10.7. The molecule has 0 aliphatic rings. The van der Waals surface area contributed by atoms with Crippen molar-refractivity contribution in [3.8, 4) is 0 Å². The molecule has 1 aromatic heterocycles. The standard InChI is InChI=1S/C9H7IS/c1-6-5-11-9-3-2-7(10)4-8(6)9/h2-5H,1H3. The van der Waals surface area contributed by atoms with Gasteiger partial charge in [0.1, 0.15) is 0 Å². The lowest BCUT2D eigenvalue weighted by molar-refractivity contribution is 1.59. The highest BCUT2D eigenvalue weighted by Crippen LogP contribution is 2.26. The summed E-state index contributed by atoms with van der Waals surface area (Å²) < 4.78 is 2.71. The van der Waals surface area contributed by atoms with Gasteiger partial charge in [0.05, 0.1) is 0 Å². The van der Waals surface area contributed by atoms with E-state index in [0.29, 0.717) is 0 Å². The molecule has 0 aliphatic heterocycles. The van der Waals surface area contributed by atoms with Crippen molar-refractivity contribution < 1.29 is 0 Å². The van der Waals surface area contributed by atoms with Crippen LogP contribution in [-0.4, -0.2) is 0 Å². The Hall–Kier alpha value is -0.0900. The molecule has 2 heteroatoms. The third kappa shape index (κ3) is 1.29.